The van der Waals surface area contributed by atoms with Crippen LogP contribution in [0.4, 0.5) is 15.8 Å². The molecule has 1 heterocycles. The lowest BCUT2D eigenvalue weighted by Gasteiger charge is -2.29. The fraction of sp³-hybridized carbons (Fsp3) is 0.133. The van der Waals surface area contributed by atoms with Gasteiger partial charge in [-0.1, -0.05) is 22.0 Å². The third kappa shape index (κ3) is 2.16. The molecule has 0 fully saturated rings. The largest absolute Gasteiger partial charge is 0.320 e. The van der Waals surface area contributed by atoms with E-state index in [-0.39, 0.29) is 5.82 Å². The van der Waals surface area contributed by atoms with Crippen LogP contribution in [0.2, 0.25) is 0 Å². The zero-order valence-electron chi connectivity index (χ0n) is 10.4. The molecule has 1 aliphatic rings. The first-order valence-electron chi connectivity index (χ1n) is 5.99. The molecule has 3 rings (SSSR count). The second-order valence-electron chi connectivity index (χ2n) is 4.47. The van der Waals surface area contributed by atoms with Gasteiger partial charge in [0, 0.05) is 21.9 Å². The van der Waals surface area contributed by atoms with Crippen molar-refractivity contribution in [1.29, 1.82) is 0 Å². The molecule has 2 aromatic carbocycles. The maximum Gasteiger partial charge on any atom is 0.125 e. The number of anilines is 2. The molecule has 0 aliphatic carbocycles. The van der Waals surface area contributed by atoms with Gasteiger partial charge in [0.15, 0.2) is 0 Å². The summed E-state index contributed by atoms with van der Waals surface area (Å²) in [5.74, 6) is -0.230. The second-order valence-corrected chi connectivity index (χ2v) is 5.32. The van der Waals surface area contributed by atoms with E-state index in [0.29, 0.717) is 6.67 Å². The van der Waals surface area contributed by atoms with E-state index in [9.17, 15) is 4.39 Å². The van der Waals surface area contributed by atoms with Crippen molar-refractivity contribution in [2.45, 2.75) is 6.92 Å². The molecule has 0 radical (unpaired) electrons. The SMILES string of the molecule is Cc1c(Br)cccc1N1CN=Cc2ccc(F)cc21. The Kier molecular flexibility index (Phi) is 3.11. The lowest BCUT2D eigenvalue weighted by Crippen LogP contribution is -2.23. The number of rotatable bonds is 1. The molecule has 0 N–H and O–H groups in total. The molecule has 0 saturated carbocycles. The molecule has 2 aromatic rings. The summed E-state index contributed by atoms with van der Waals surface area (Å²) in [7, 11) is 0. The van der Waals surface area contributed by atoms with E-state index in [0.717, 1.165) is 27.0 Å². The zero-order valence-corrected chi connectivity index (χ0v) is 12.0. The van der Waals surface area contributed by atoms with E-state index in [1.165, 1.54) is 6.07 Å². The lowest BCUT2D eigenvalue weighted by atomic mass is 10.1. The maximum atomic E-state index is 13.5. The van der Waals surface area contributed by atoms with Crippen LogP contribution in [0.15, 0.2) is 45.9 Å². The highest BCUT2D eigenvalue weighted by molar-refractivity contribution is 9.10. The summed E-state index contributed by atoms with van der Waals surface area (Å²) in [6, 6.07) is 10.8. The number of hydrogen-bond donors (Lipinski definition) is 0. The van der Waals surface area contributed by atoms with Gasteiger partial charge < -0.3 is 4.90 Å². The van der Waals surface area contributed by atoms with Gasteiger partial charge in [-0.3, -0.25) is 4.99 Å². The number of hydrogen-bond acceptors (Lipinski definition) is 2. The van der Waals surface area contributed by atoms with Crippen molar-refractivity contribution in [3.8, 4) is 0 Å². The van der Waals surface area contributed by atoms with Crippen molar-refractivity contribution in [1.82, 2.24) is 0 Å². The molecule has 1 aliphatic heterocycles. The van der Waals surface area contributed by atoms with Crippen molar-refractivity contribution in [2.75, 3.05) is 11.6 Å². The minimum absolute atomic E-state index is 0.230. The van der Waals surface area contributed by atoms with Crippen LogP contribution in [0.1, 0.15) is 11.1 Å². The molecule has 0 unspecified atom stereocenters. The Morgan fingerprint density at radius 3 is 2.89 bits per heavy atom. The number of benzene rings is 2. The first-order chi connectivity index (χ1) is 9.16. The highest BCUT2D eigenvalue weighted by atomic mass is 79.9. The monoisotopic (exact) mass is 318 g/mol. The van der Waals surface area contributed by atoms with Crippen LogP contribution < -0.4 is 4.90 Å². The predicted octanol–water partition coefficient (Wildman–Crippen LogP) is 4.42. The van der Waals surface area contributed by atoms with Crippen LogP contribution in [0.3, 0.4) is 0 Å². The minimum Gasteiger partial charge on any atom is -0.320 e. The van der Waals surface area contributed by atoms with E-state index < -0.39 is 0 Å². The molecule has 0 amide bonds. The second kappa shape index (κ2) is 4.78. The Morgan fingerprint density at radius 2 is 2.05 bits per heavy atom. The van der Waals surface area contributed by atoms with E-state index in [1.807, 2.05) is 30.0 Å². The van der Waals surface area contributed by atoms with E-state index in [4.69, 9.17) is 0 Å². The summed E-state index contributed by atoms with van der Waals surface area (Å²) in [6.07, 6.45) is 1.79. The molecule has 0 spiro atoms. The molecule has 19 heavy (non-hydrogen) atoms. The molecule has 0 saturated heterocycles. The molecular weight excluding hydrogens is 307 g/mol. The molecule has 0 bridgehead atoms. The van der Waals surface area contributed by atoms with Gasteiger partial charge in [-0.2, -0.15) is 0 Å². The fourth-order valence-corrected chi connectivity index (χ4v) is 2.61. The number of nitrogens with zero attached hydrogens (tertiary/aromatic N) is 2. The summed E-state index contributed by atoms with van der Waals surface area (Å²) < 4.78 is 14.5. The van der Waals surface area contributed by atoms with Gasteiger partial charge in [0.1, 0.15) is 12.5 Å². The number of halogens is 2. The third-order valence-electron chi connectivity index (χ3n) is 3.27. The van der Waals surface area contributed by atoms with E-state index in [2.05, 4.69) is 20.9 Å². The quantitative estimate of drug-likeness (QED) is 0.759. The van der Waals surface area contributed by atoms with Gasteiger partial charge in [-0.25, -0.2) is 4.39 Å². The minimum atomic E-state index is -0.230. The zero-order chi connectivity index (χ0) is 13.4. The van der Waals surface area contributed by atoms with Crippen molar-refractivity contribution in [3.63, 3.8) is 0 Å². The topological polar surface area (TPSA) is 15.6 Å². The Morgan fingerprint density at radius 1 is 1.21 bits per heavy atom. The van der Waals surface area contributed by atoms with Gasteiger partial charge >= 0.3 is 0 Å². The average Bonchev–Trinajstić information content (AvgIpc) is 2.41. The van der Waals surface area contributed by atoms with Crippen molar-refractivity contribution in [3.05, 3.63) is 57.8 Å². The summed E-state index contributed by atoms with van der Waals surface area (Å²) in [4.78, 5) is 6.37. The van der Waals surface area contributed by atoms with Crippen LogP contribution in [0.25, 0.3) is 0 Å². The summed E-state index contributed by atoms with van der Waals surface area (Å²) in [5.41, 5.74) is 3.95. The smallest absolute Gasteiger partial charge is 0.125 e. The summed E-state index contributed by atoms with van der Waals surface area (Å²) in [5, 5.41) is 0. The van der Waals surface area contributed by atoms with Crippen LogP contribution in [-0.2, 0) is 0 Å². The van der Waals surface area contributed by atoms with Crippen LogP contribution >= 0.6 is 15.9 Å². The van der Waals surface area contributed by atoms with Gasteiger partial charge in [-0.05, 0) is 42.8 Å². The van der Waals surface area contributed by atoms with Gasteiger partial charge in [0.2, 0.25) is 0 Å². The average molecular weight is 319 g/mol. The molecule has 4 heteroatoms. The first kappa shape index (κ1) is 12.4. The Bertz CT molecular complexity index is 667. The first-order valence-corrected chi connectivity index (χ1v) is 6.78. The third-order valence-corrected chi connectivity index (χ3v) is 4.13. The molecule has 0 aromatic heterocycles. The van der Waals surface area contributed by atoms with E-state index >= 15 is 0 Å². The van der Waals surface area contributed by atoms with Crippen molar-refractivity contribution < 1.29 is 4.39 Å². The number of aliphatic imine (C=N–C) groups is 1. The molecule has 0 atom stereocenters. The molecule has 2 nitrogen and oxygen atoms in total. The van der Waals surface area contributed by atoms with Crippen molar-refractivity contribution >= 4 is 33.5 Å². The highest BCUT2D eigenvalue weighted by Gasteiger charge is 2.18. The van der Waals surface area contributed by atoms with Crippen LogP contribution in [0, 0.1) is 12.7 Å². The summed E-state index contributed by atoms with van der Waals surface area (Å²) >= 11 is 3.53. The van der Waals surface area contributed by atoms with Crippen molar-refractivity contribution in [2.24, 2.45) is 4.99 Å². The fourth-order valence-electron chi connectivity index (χ4n) is 2.25. The standard InChI is InChI=1S/C15H12BrFN2/c1-10-13(16)3-2-4-14(10)19-9-18-8-11-5-6-12(17)7-15(11)19/h2-8H,9H2,1H3. The van der Waals surface area contributed by atoms with Gasteiger partial charge in [0.25, 0.3) is 0 Å². The van der Waals surface area contributed by atoms with Gasteiger partial charge in [0.05, 0.1) is 5.69 Å². The number of fused-ring (bicyclic) bond motifs is 1. The van der Waals surface area contributed by atoms with Gasteiger partial charge in [-0.15, -0.1) is 0 Å². The van der Waals surface area contributed by atoms with E-state index in [1.54, 1.807) is 18.3 Å². The summed E-state index contributed by atoms with van der Waals surface area (Å²) in [6.45, 7) is 2.55. The predicted molar refractivity (Wildman–Crippen MR) is 79.9 cm³/mol. The normalized spacial score (nSPS) is 13.5. The Hall–Kier alpha value is -1.68. The molecular formula is C15H12BrFN2. The maximum absolute atomic E-state index is 13.5. The highest BCUT2D eigenvalue weighted by Crippen LogP contribution is 2.35. The Balaban J connectivity index is 2.15. The Labute approximate surface area is 119 Å². The van der Waals surface area contributed by atoms with Crippen LogP contribution in [-0.4, -0.2) is 12.9 Å². The lowest BCUT2D eigenvalue weighted by molar-refractivity contribution is 0.627. The van der Waals surface area contributed by atoms with Crippen LogP contribution in [0.5, 0.6) is 0 Å². The molecule has 96 valence electrons.